The first-order valence-corrected chi connectivity index (χ1v) is 8.25. The number of rotatable bonds is 5. The van der Waals surface area contributed by atoms with Crippen molar-refractivity contribution in [3.05, 3.63) is 34.4 Å². The first-order chi connectivity index (χ1) is 11.4. The van der Waals surface area contributed by atoms with Gasteiger partial charge in [-0.05, 0) is 19.9 Å². The standard InChI is InChI=1S/C17H24N2O5/c1-16(2)11-18(12-17(24-16)6-8-22-13-17)7-9-23-15-5-3-4-14(10-15)19(20)21/h3-5,10H,6-9,11-13H2,1-2H3/t17-/m1/s1. The zero-order chi connectivity index (χ0) is 17.2. The zero-order valence-corrected chi connectivity index (χ0v) is 14.2. The van der Waals surface area contributed by atoms with Gasteiger partial charge < -0.3 is 14.2 Å². The molecule has 1 atom stereocenters. The normalized spacial score (nSPS) is 26.6. The minimum Gasteiger partial charge on any atom is -0.492 e. The van der Waals surface area contributed by atoms with Gasteiger partial charge in [0.25, 0.3) is 5.69 Å². The summed E-state index contributed by atoms with van der Waals surface area (Å²) < 4.78 is 17.5. The van der Waals surface area contributed by atoms with Crippen molar-refractivity contribution in [2.45, 2.75) is 31.5 Å². The molecular formula is C17H24N2O5. The van der Waals surface area contributed by atoms with E-state index in [9.17, 15) is 10.1 Å². The fourth-order valence-corrected chi connectivity index (χ4v) is 3.58. The van der Waals surface area contributed by atoms with Crippen molar-refractivity contribution < 1.29 is 19.1 Å². The Bertz CT molecular complexity index is 598. The second-order valence-corrected chi connectivity index (χ2v) is 7.16. The average Bonchev–Trinajstić information content (AvgIpc) is 2.93. The van der Waals surface area contributed by atoms with Crippen LogP contribution in [0.2, 0.25) is 0 Å². The van der Waals surface area contributed by atoms with Crippen molar-refractivity contribution in [3.63, 3.8) is 0 Å². The molecule has 24 heavy (non-hydrogen) atoms. The van der Waals surface area contributed by atoms with Gasteiger partial charge in [0, 0.05) is 38.7 Å². The van der Waals surface area contributed by atoms with Crippen LogP contribution in [0.15, 0.2) is 24.3 Å². The number of nitro groups is 1. The van der Waals surface area contributed by atoms with Crippen LogP contribution in [0.3, 0.4) is 0 Å². The summed E-state index contributed by atoms with van der Waals surface area (Å²) in [6, 6.07) is 6.29. The number of nitrogens with zero attached hydrogens (tertiary/aromatic N) is 2. The largest absolute Gasteiger partial charge is 0.492 e. The number of benzene rings is 1. The van der Waals surface area contributed by atoms with Gasteiger partial charge in [-0.1, -0.05) is 6.07 Å². The topological polar surface area (TPSA) is 74.1 Å². The molecule has 7 nitrogen and oxygen atoms in total. The third kappa shape index (κ3) is 4.03. The predicted octanol–water partition coefficient (Wildman–Crippen LogP) is 2.24. The third-order valence-corrected chi connectivity index (χ3v) is 4.38. The van der Waals surface area contributed by atoms with E-state index in [0.717, 1.165) is 32.7 Å². The molecule has 1 aromatic rings. The summed E-state index contributed by atoms with van der Waals surface area (Å²) in [5.74, 6) is 0.524. The summed E-state index contributed by atoms with van der Waals surface area (Å²) in [5, 5.41) is 10.8. The number of ether oxygens (including phenoxy) is 3. The minimum absolute atomic E-state index is 0.0436. The highest BCUT2D eigenvalue weighted by atomic mass is 16.6. The molecule has 2 aliphatic heterocycles. The van der Waals surface area contributed by atoms with Gasteiger partial charge in [-0.3, -0.25) is 15.0 Å². The van der Waals surface area contributed by atoms with Gasteiger partial charge in [-0.15, -0.1) is 0 Å². The number of nitro benzene ring substituents is 1. The molecule has 2 heterocycles. The molecule has 1 aromatic carbocycles. The Morgan fingerprint density at radius 2 is 2.21 bits per heavy atom. The van der Waals surface area contributed by atoms with E-state index in [4.69, 9.17) is 14.2 Å². The Morgan fingerprint density at radius 3 is 2.92 bits per heavy atom. The molecule has 7 heteroatoms. The van der Waals surface area contributed by atoms with E-state index in [1.807, 2.05) is 0 Å². The van der Waals surface area contributed by atoms with Crippen LogP contribution in [0.4, 0.5) is 5.69 Å². The zero-order valence-electron chi connectivity index (χ0n) is 14.2. The second-order valence-electron chi connectivity index (χ2n) is 7.16. The van der Waals surface area contributed by atoms with E-state index in [1.54, 1.807) is 12.1 Å². The van der Waals surface area contributed by atoms with E-state index in [-0.39, 0.29) is 16.9 Å². The van der Waals surface area contributed by atoms with E-state index in [2.05, 4.69) is 18.7 Å². The third-order valence-electron chi connectivity index (χ3n) is 4.38. The Kier molecular flexibility index (Phi) is 4.76. The van der Waals surface area contributed by atoms with E-state index in [1.165, 1.54) is 12.1 Å². The molecule has 2 fully saturated rings. The van der Waals surface area contributed by atoms with Gasteiger partial charge >= 0.3 is 0 Å². The van der Waals surface area contributed by atoms with Crippen molar-refractivity contribution in [1.82, 2.24) is 4.90 Å². The van der Waals surface area contributed by atoms with E-state index in [0.29, 0.717) is 19.0 Å². The van der Waals surface area contributed by atoms with Gasteiger partial charge in [-0.2, -0.15) is 0 Å². The molecule has 132 valence electrons. The van der Waals surface area contributed by atoms with Gasteiger partial charge in [0.05, 0.1) is 23.2 Å². The lowest BCUT2D eigenvalue weighted by atomic mass is 9.95. The molecule has 2 aliphatic rings. The Balaban J connectivity index is 1.56. The number of morpholine rings is 1. The predicted molar refractivity (Wildman–Crippen MR) is 88.4 cm³/mol. The SMILES string of the molecule is CC1(C)CN(CCOc2cccc([N+](=O)[O-])c2)C[C@@]2(CCOC2)O1. The van der Waals surface area contributed by atoms with Crippen LogP contribution in [0.25, 0.3) is 0 Å². The van der Waals surface area contributed by atoms with Crippen LogP contribution in [0.5, 0.6) is 5.75 Å². The van der Waals surface area contributed by atoms with Crippen LogP contribution in [0.1, 0.15) is 20.3 Å². The molecular weight excluding hydrogens is 312 g/mol. The van der Waals surface area contributed by atoms with Crippen molar-refractivity contribution in [2.75, 3.05) is 39.5 Å². The second kappa shape index (κ2) is 6.66. The highest BCUT2D eigenvalue weighted by Gasteiger charge is 2.46. The maximum atomic E-state index is 10.8. The van der Waals surface area contributed by atoms with Crippen LogP contribution in [-0.2, 0) is 9.47 Å². The lowest BCUT2D eigenvalue weighted by molar-refractivity contribution is -0.384. The summed E-state index contributed by atoms with van der Waals surface area (Å²) in [6.07, 6.45) is 0.915. The molecule has 0 radical (unpaired) electrons. The Labute approximate surface area is 141 Å². The molecule has 0 aromatic heterocycles. The fraction of sp³-hybridized carbons (Fsp3) is 0.647. The lowest BCUT2D eigenvalue weighted by Gasteiger charge is -2.48. The van der Waals surface area contributed by atoms with Gasteiger partial charge in [0.15, 0.2) is 0 Å². The summed E-state index contributed by atoms with van der Waals surface area (Å²) in [5.41, 5.74) is -0.396. The summed E-state index contributed by atoms with van der Waals surface area (Å²) in [6.45, 7) is 8.46. The van der Waals surface area contributed by atoms with Crippen LogP contribution in [0, 0.1) is 10.1 Å². The molecule has 3 rings (SSSR count). The minimum atomic E-state index is -0.415. The van der Waals surface area contributed by atoms with E-state index >= 15 is 0 Å². The summed E-state index contributed by atoms with van der Waals surface area (Å²) in [7, 11) is 0. The number of hydrogen-bond donors (Lipinski definition) is 0. The molecule has 0 saturated carbocycles. The molecule has 0 bridgehead atoms. The van der Waals surface area contributed by atoms with Crippen molar-refractivity contribution >= 4 is 5.69 Å². The Morgan fingerprint density at radius 1 is 1.38 bits per heavy atom. The monoisotopic (exact) mass is 336 g/mol. The van der Waals surface area contributed by atoms with Gasteiger partial charge in [-0.25, -0.2) is 0 Å². The number of non-ortho nitro benzene ring substituents is 1. The Hall–Kier alpha value is -1.70. The summed E-state index contributed by atoms with van der Waals surface area (Å²) >= 11 is 0. The highest BCUT2D eigenvalue weighted by molar-refractivity contribution is 5.37. The number of hydrogen-bond acceptors (Lipinski definition) is 6. The smallest absolute Gasteiger partial charge is 0.273 e. The first kappa shape index (κ1) is 17.1. The molecule has 2 saturated heterocycles. The van der Waals surface area contributed by atoms with E-state index < -0.39 is 4.92 Å². The van der Waals surface area contributed by atoms with Crippen molar-refractivity contribution in [2.24, 2.45) is 0 Å². The molecule has 0 aliphatic carbocycles. The lowest BCUT2D eigenvalue weighted by Crippen LogP contribution is -2.60. The van der Waals surface area contributed by atoms with Crippen molar-refractivity contribution in [3.8, 4) is 5.75 Å². The van der Waals surface area contributed by atoms with Crippen LogP contribution in [-0.4, -0.2) is 60.5 Å². The maximum Gasteiger partial charge on any atom is 0.273 e. The molecule has 1 spiro atoms. The molecule has 0 N–H and O–H groups in total. The molecule has 0 amide bonds. The first-order valence-electron chi connectivity index (χ1n) is 8.25. The van der Waals surface area contributed by atoms with Gasteiger partial charge in [0.1, 0.15) is 18.0 Å². The quantitative estimate of drug-likeness (QED) is 0.606. The maximum absolute atomic E-state index is 10.8. The average molecular weight is 336 g/mol. The molecule has 0 unspecified atom stereocenters. The summed E-state index contributed by atoms with van der Waals surface area (Å²) in [4.78, 5) is 12.7. The fourth-order valence-electron chi connectivity index (χ4n) is 3.58. The van der Waals surface area contributed by atoms with Crippen LogP contribution >= 0.6 is 0 Å². The van der Waals surface area contributed by atoms with Crippen LogP contribution < -0.4 is 4.74 Å². The highest BCUT2D eigenvalue weighted by Crippen LogP contribution is 2.34. The van der Waals surface area contributed by atoms with Crippen molar-refractivity contribution in [1.29, 1.82) is 0 Å². The van der Waals surface area contributed by atoms with Gasteiger partial charge in [0.2, 0.25) is 0 Å².